The summed E-state index contributed by atoms with van der Waals surface area (Å²) in [6.45, 7) is 3.89. The van der Waals surface area contributed by atoms with Crippen LogP contribution in [0.4, 0.5) is 0 Å². The number of aromatic amines is 1. The van der Waals surface area contributed by atoms with Gasteiger partial charge in [0.2, 0.25) is 5.91 Å². The van der Waals surface area contributed by atoms with E-state index in [0.29, 0.717) is 28.8 Å². The van der Waals surface area contributed by atoms with Crippen molar-refractivity contribution in [1.82, 2.24) is 25.3 Å². The first-order chi connectivity index (χ1) is 12.0. The van der Waals surface area contributed by atoms with Crippen LogP contribution in [0.2, 0.25) is 0 Å². The number of aromatic nitrogens is 4. The molecule has 132 valence electrons. The fraction of sp³-hybridized carbons (Fsp3) is 0.500. The van der Waals surface area contributed by atoms with Gasteiger partial charge in [-0.1, -0.05) is 19.8 Å². The Hall–Kier alpha value is -2.57. The monoisotopic (exact) mass is 341 g/mol. The molecule has 0 radical (unpaired) electrons. The van der Waals surface area contributed by atoms with Gasteiger partial charge in [0, 0.05) is 29.7 Å². The van der Waals surface area contributed by atoms with Gasteiger partial charge in [-0.05, 0) is 31.7 Å². The standard InChI is InChI=1S/C18H23N5O2/c1-11-6-3-4-7-14(11)22-15(24)10-13-12(2)21-17(23-18(13)25)16-19-8-5-9-20-16/h5,8-9,11,14H,3-4,6-7,10H2,1-2H3,(H,22,24)(H,21,23,25)/t11-,14-/m0/s1. The van der Waals surface area contributed by atoms with Crippen LogP contribution in [0.25, 0.3) is 11.6 Å². The van der Waals surface area contributed by atoms with Crippen molar-refractivity contribution in [2.45, 2.75) is 52.0 Å². The Morgan fingerprint density at radius 2 is 2.00 bits per heavy atom. The van der Waals surface area contributed by atoms with E-state index in [4.69, 9.17) is 0 Å². The van der Waals surface area contributed by atoms with E-state index in [9.17, 15) is 9.59 Å². The average Bonchev–Trinajstić information content (AvgIpc) is 2.61. The Morgan fingerprint density at radius 3 is 2.68 bits per heavy atom. The highest BCUT2D eigenvalue weighted by Crippen LogP contribution is 2.23. The average molecular weight is 341 g/mol. The molecule has 7 nitrogen and oxygen atoms in total. The lowest BCUT2D eigenvalue weighted by atomic mass is 9.86. The maximum atomic E-state index is 12.4. The molecule has 1 aliphatic rings. The first-order valence-electron chi connectivity index (χ1n) is 8.71. The Kier molecular flexibility index (Phi) is 5.21. The number of hydrogen-bond donors (Lipinski definition) is 2. The minimum Gasteiger partial charge on any atom is -0.353 e. The molecule has 1 fully saturated rings. The van der Waals surface area contributed by atoms with Crippen molar-refractivity contribution in [1.29, 1.82) is 0 Å². The summed E-state index contributed by atoms with van der Waals surface area (Å²) >= 11 is 0. The van der Waals surface area contributed by atoms with Gasteiger partial charge in [0.05, 0.1) is 6.42 Å². The van der Waals surface area contributed by atoms with Gasteiger partial charge in [-0.15, -0.1) is 0 Å². The number of nitrogens with one attached hydrogen (secondary N) is 2. The Morgan fingerprint density at radius 1 is 1.28 bits per heavy atom. The van der Waals surface area contributed by atoms with Crippen molar-refractivity contribution in [2.24, 2.45) is 5.92 Å². The minimum atomic E-state index is -0.318. The molecule has 0 bridgehead atoms. The van der Waals surface area contributed by atoms with E-state index in [-0.39, 0.29) is 23.9 Å². The summed E-state index contributed by atoms with van der Waals surface area (Å²) in [5.41, 5.74) is 0.598. The van der Waals surface area contributed by atoms with Gasteiger partial charge in [0.1, 0.15) is 0 Å². The molecule has 0 aromatic carbocycles. The third-order valence-electron chi connectivity index (χ3n) is 4.80. The maximum absolute atomic E-state index is 12.4. The molecule has 1 amide bonds. The molecule has 1 saturated carbocycles. The summed E-state index contributed by atoms with van der Waals surface area (Å²) in [6.07, 6.45) is 7.71. The second-order valence-electron chi connectivity index (χ2n) is 6.66. The van der Waals surface area contributed by atoms with E-state index in [2.05, 4.69) is 32.2 Å². The minimum absolute atomic E-state index is 0.0350. The topological polar surface area (TPSA) is 101 Å². The van der Waals surface area contributed by atoms with Crippen LogP contribution < -0.4 is 10.9 Å². The highest BCUT2D eigenvalue weighted by molar-refractivity contribution is 5.79. The van der Waals surface area contributed by atoms with Crippen molar-refractivity contribution >= 4 is 5.91 Å². The zero-order valence-electron chi connectivity index (χ0n) is 14.6. The molecular formula is C18H23N5O2. The SMILES string of the molecule is Cc1nc(-c2ncccn2)[nH]c(=O)c1CC(=O)N[C@H]1CCCC[C@@H]1C. The zero-order chi connectivity index (χ0) is 17.8. The number of carbonyl (C=O) groups excluding carboxylic acids is 1. The van der Waals surface area contributed by atoms with Gasteiger partial charge in [-0.2, -0.15) is 0 Å². The number of rotatable bonds is 4. The van der Waals surface area contributed by atoms with Crippen LogP contribution in [-0.2, 0) is 11.2 Å². The highest BCUT2D eigenvalue weighted by Gasteiger charge is 2.23. The summed E-state index contributed by atoms with van der Waals surface area (Å²) in [5.74, 6) is 1.02. The van der Waals surface area contributed by atoms with Crippen LogP contribution >= 0.6 is 0 Å². The molecule has 2 aromatic rings. The lowest BCUT2D eigenvalue weighted by molar-refractivity contribution is -0.121. The Labute approximate surface area is 146 Å². The molecule has 7 heteroatoms. The number of nitrogens with zero attached hydrogens (tertiary/aromatic N) is 3. The first-order valence-corrected chi connectivity index (χ1v) is 8.71. The van der Waals surface area contributed by atoms with Crippen LogP contribution in [0.5, 0.6) is 0 Å². The number of hydrogen-bond acceptors (Lipinski definition) is 5. The molecule has 2 heterocycles. The second-order valence-corrected chi connectivity index (χ2v) is 6.66. The summed E-state index contributed by atoms with van der Waals surface area (Å²) in [5, 5.41) is 3.07. The first kappa shape index (κ1) is 17.3. The summed E-state index contributed by atoms with van der Waals surface area (Å²) < 4.78 is 0. The van der Waals surface area contributed by atoms with Crippen LogP contribution in [0.3, 0.4) is 0 Å². The number of carbonyl (C=O) groups is 1. The van der Waals surface area contributed by atoms with E-state index < -0.39 is 0 Å². The van der Waals surface area contributed by atoms with E-state index >= 15 is 0 Å². The Bertz CT molecular complexity index is 803. The molecule has 25 heavy (non-hydrogen) atoms. The van der Waals surface area contributed by atoms with Crippen LogP contribution in [-0.4, -0.2) is 31.9 Å². The number of amides is 1. The smallest absolute Gasteiger partial charge is 0.255 e. The van der Waals surface area contributed by atoms with E-state index in [1.807, 2.05) is 0 Å². The van der Waals surface area contributed by atoms with E-state index in [1.165, 1.54) is 6.42 Å². The molecule has 2 N–H and O–H groups in total. The third-order valence-corrected chi connectivity index (χ3v) is 4.80. The van der Waals surface area contributed by atoms with Crippen molar-refractivity contribution in [2.75, 3.05) is 0 Å². The third kappa shape index (κ3) is 4.10. The fourth-order valence-corrected chi connectivity index (χ4v) is 3.29. The van der Waals surface area contributed by atoms with Gasteiger partial charge in [-0.3, -0.25) is 9.59 Å². The molecule has 0 unspecified atom stereocenters. The molecule has 2 atom stereocenters. The molecule has 0 aliphatic heterocycles. The maximum Gasteiger partial charge on any atom is 0.255 e. The fourth-order valence-electron chi connectivity index (χ4n) is 3.29. The van der Waals surface area contributed by atoms with Crippen molar-refractivity contribution in [3.63, 3.8) is 0 Å². The zero-order valence-corrected chi connectivity index (χ0v) is 14.6. The van der Waals surface area contributed by atoms with E-state index in [1.54, 1.807) is 25.4 Å². The van der Waals surface area contributed by atoms with Crippen LogP contribution in [0.15, 0.2) is 23.3 Å². The molecule has 0 spiro atoms. The van der Waals surface area contributed by atoms with Crippen molar-refractivity contribution in [3.8, 4) is 11.6 Å². The highest BCUT2D eigenvalue weighted by atomic mass is 16.2. The lowest BCUT2D eigenvalue weighted by Crippen LogP contribution is -2.42. The van der Waals surface area contributed by atoms with Crippen LogP contribution in [0.1, 0.15) is 43.9 Å². The lowest BCUT2D eigenvalue weighted by Gasteiger charge is -2.29. The summed E-state index contributed by atoms with van der Waals surface area (Å²) in [6, 6.07) is 1.89. The second kappa shape index (κ2) is 7.55. The summed E-state index contributed by atoms with van der Waals surface area (Å²) in [7, 11) is 0. The quantitative estimate of drug-likeness (QED) is 0.883. The number of aryl methyl sites for hydroxylation is 1. The van der Waals surface area contributed by atoms with Gasteiger partial charge in [-0.25, -0.2) is 15.0 Å². The van der Waals surface area contributed by atoms with E-state index in [0.717, 1.165) is 19.3 Å². The molecule has 2 aromatic heterocycles. The molecular weight excluding hydrogens is 318 g/mol. The molecule has 1 aliphatic carbocycles. The van der Waals surface area contributed by atoms with Crippen molar-refractivity contribution < 1.29 is 4.79 Å². The van der Waals surface area contributed by atoms with Gasteiger partial charge in [0.25, 0.3) is 5.56 Å². The van der Waals surface area contributed by atoms with Crippen molar-refractivity contribution in [3.05, 3.63) is 40.1 Å². The van der Waals surface area contributed by atoms with Gasteiger partial charge >= 0.3 is 0 Å². The van der Waals surface area contributed by atoms with Gasteiger partial charge in [0.15, 0.2) is 11.6 Å². The van der Waals surface area contributed by atoms with Gasteiger partial charge < -0.3 is 10.3 Å². The molecule has 3 rings (SSSR count). The number of H-pyrrole nitrogens is 1. The predicted octanol–water partition coefficient (Wildman–Crippen LogP) is 1.77. The summed E-state index contributed by atoms with van der Waals surface area (Å²) in [4.78, 5) is 40.0. The molecule has 0 saturated heterocycles. The largest absolute Gasteiger partial charge is 0.353 e. The predicted molar refractivity (Wildman–Crippen MR) is 93.9 cm³/mol. The van der Waals surface area contributed by atoms with Crippen LogP contribution in [0, 0.1) is 12.8 Å². The Balaban J connectivity index is 1.74. The normalized spacial score (nSPS) is 20.2.